The Hall–Kier alpha value is -1.51. The minimum atomic E-state index is -0.985. The molecule has 1 N–H and O–H groups in total. The van der Waals surface area contributed by atoms with Crippen LogP contribution in [0.4, 0.5) is 0 Å². The summed E-state index contributed by atoms with van der Waals surface area (Å²) in [4.78, 5) is 5.95. The summed E-state index contributed by atoms with van der Waals surface area (Å²) in [5, 5.41) is 17.1. The summed E-state index contributed by atoms with van der Waals surface area (Å²) in [6, 6.07) is 5.46. The number of nitrogens with zero attached hydrogens (tertiary/aromatic N) is 3. The molecule has 36 heavy (non-hydrogen) atoms. The van der Waals surface area contributed by atoms with Crippen molar-refractivity contribution in [2.45, 2.75) is 76.4 Å². The fourth-order valence-electron chi connectivity index (χ4n) is 4.35. The van der Waals surface area contributed by atoms with Crippen LogP contribution in [0.1, 0.15) is 70.1 Å². The van der Waals surface area contributed by atoms with E-state index in [4.69, 9.17) is 32.5 Å². The number of rotatable bonds is 9. The van der Waals surface area contributed by atoms with E-state index in [0.717, 1.165) is 61.7 Å². The van der Waals surface area contributed by atoms with Gasteiger partial charge < -0.3 is 19.3 Å². The number of likely N-dealkylation sites (tertiary alicyclic amines) is 1. The number of aliphatic imine (C=N–C) groups is 1. The van der Waals surface area contributed by atoms with E-state index in [2.05, 4.69) is 22.0 Å². The molecule has 1 aliphatic heterocycles. The summed E-state index contributed by atoms with van der Waals surface area (Å²) in [5.41, 5.74) is 2.34. The molecule has 1 aliphatic carbocycles. The van der Waals surface area contributed by atoms with Crippen LogP contribution in [0, 0.1) is 0 Å². The zero-order valence-corrected chi connectivity index (χ0v) is 23.5. The second-order valence-electron chi connectivity index (χ2n) is 9.47. The molecule has 1 saturated carbocycles. The van der Waals surface area contributed by atoms with Crippen LogP contribution in [-0.2, 0) is 11.3 Å². The maximum atomic E-state index is 10.8. The molecule has 0 radical (unpaired) electrons. The number of piperidine rings is 1. The number of aromatic nitrogens is 1. The van der Waals surface area contributed by atoms with E-state index in [1.54, 1.807) is 0 Å². The fraction of sp³-hybridized carbons (Fsp3) is 0.556. The molecule has 0 bridgehead atoms. The first kappa shape index (κ1) is 27.5. The van der Waals surface area contributed by atoms with E-state index in [1.807, 2.05) is 44.2 Å². The largest absolute Gasteiger partial charge is 0.376 e. The molecule has 196 valence electrons. The molecule has 1 saturated heterocycles. The summed E-state index contributed by atoms with van der Waals surface area (Å²) < 4.78 is 12.2. The monoisotopic (exact) mass is 551 g/mol. The molecular formula is C27H35Cl2N3O3S. The summed E-state index contributed by atoms with van der Waals surface area (Å²) in [6.45, 7) is 8.63. The standard InChI is InChI=1S/C27H35Cl2N3O3S/c1-4-6-14-27(3,33)36-26(30-5-2)32-15-12-19(13-16-32)34-17-20-24(31-35-25(20)18-10-11-18)23-21(28)8-7-9-22(23)29/h6-9,14,18-19,33H,4-5,10-13,15-17H2,1-3H3/b14-6-,30-26?. The van der Waals surface area contributed by atoms with E-state index in [1.165, 1.54) is 11.8 Å². The van der Waals surface area contributed by atoms with Gasteiger partial charge in [0.2, 0.25) is 0 Å². The van der Waals surface area contributed by atoms with Crippen LogP contribution in [-0.4, -0.2) is 51.0 Å². The molecule has 1 unspecified atom stereocenters. The van der Waals surface area contributed by atoms with Gasteiger partial charge in [0, 0.05) is 36.7 Å². The van der Waals surface area contributed by atoms with Gasteiger partial charge in [-0.1, -0.05) is 47.4 Å². The Morgan fingerprint density at radius 3 is 2.56 bits per heavy atom. The first-order valence-corrected chi connectivity index (χ1v) is 14.3. The van der Waals surface area contributed by atoms with Gasteiger partial charge in [0.15, 0.2) is 5.17 Å². The predicted molar refractivity (Wildman–Crippen MR) is 149 cm³/mol. The molecule has 1 aromatic carbocycles. The van der Waals surface area contributed by atoms with Crippen LogP contribution < -0.4 is 0 Å². The van der Waals surface area contributed by atoms with Crippen LogP contribution in [0.15, 0.2) is 39.9 Å². The maximum Gasteiger partial charge on any atom is 0.162 e. The third-order valence-electron chi connectivity index (χ3n) is 6.40. The summed E-state index contributed by atoms with van der Waals surface area (Å²) in [7, 11) is 0. The highest BCUT2D eigenvalue weighted by atomic mass is 35.5. The van der Waals surface area contributed by atoms with Gasteiger partial charge in [0.25, 0.3) is 0 Å². The fourth-order valence-corrected chi connectivity index (χ4v) is 5.97. The lowest BCUT2D eigenvalue weighted by Crippen LogP contribution is -2.41. The van der Waals surface area contributed by atoms with Crippen LogP contribution in [0.25, 0.3) is 11.3 Å². The molecule has 9 heteroatoms. The van der Waals surface area contributed by atoms with Crippen molar-refractivity contribution >= 4 is 40.1 Å². The number of aliphatic hydroxyl groups is 1. The number of allylic oxidation sites excluding steroid dienone is 1. The van der Waals surface area contributed by atoms with E-state index in [0.29, 0.717) is 40.4 Å². The van der Waals surface area contributed by atoms with Crippen molar-refractivity contribution < 1.29 is 14.4 Å². The minimum absolute atomic E-state index is 0.117. The lowest BCUT2D eigenvalue weighted by molar-refractivity contribution is 0.00833. The third kappa shape index (κ3) is 6.87. The van der Waals surface area contributed by atoms with Gasteiger partial charge in [0.1, 0.15) is 16.4 Å². The smallest absolute Gasteiger partial charge is 0.162 e. The SMILES string of the molecule is CC/C=C\C(C)(O)SC(=NCC)N1CCC(OCc2c(-c3c(Cl)cccc3Cl)noc2C2CC2)CC1. The average molecular weight is 553 g/mol. The molecule has 1 aromatic heterocycles. The van der Waals surface area contributed by atoms with Crippen molar-refractivity contribution in [2.75, 3.05) is 19.6 Å². The Morgan fingerprint density at radius 1 is 1.25 bits per heavy atom. The Labute approximate surface area is 228 Å². The lowest BCUT2D eigenvalue weighted by Gasteiger charge is -2.35. The second-order valence-corrected chi connectivity index (χ2v) is 11.7. The second kappa shape index (κ2) is 12.4. The molecule has 2 aliphatic rings. The van der Waals surface area contributed by atoms with Gasteiger partial charge >= 0.3 is 0 Å². The van der Waals surface area contributed by atoms with E-state index < -0.39 is 4.93 Å². The highest BCUT2D eigenvalue weighted by molar-refractivity contribution is 8.14. The van der Waals surface area contributed by atoms with Gasteiger partial charge in [-0.25, -0.2) is 0 Å². The number of amidine groups is 1. The van der Waals surface area contributed by atoms with Crippen molar-refractivity contribution in [1.29, 1.82) is 0 Å². The van der Waals surface area contributed by atoms with Gasteiger partial charge in [0.05, 0.1) is 22.8 Å². The Morgan fingerprint density at radius 2 is 1.94 bits per heavy atom. The quantitative estimate of drug-likeness (QED) is 0.152. The number of hydrogen-bond acceptors (Lipinski definition) is 6. The van der Waals surface area contributed by atoms with E-state index in [9.17, 15) is 5.11 Å². The Bertz CT molecular complexity index is 1070. The molecule has 0 amide bonds. The van der Waals surface area contributed by atoms with Gasteiger partial charge in [-0.05, 0) is 75.9 Å². The van der Waals surface area contributed by atoms with Crippen LogP contribution in [0.3, 0.4) is 0 Å². The molecule has 2 heterocycles. The number of halogens is 2. The zero-order chi connectivity index (χ0) is 25.7. The topological polar surface area (TPSA) is 71.1 Å². The van der Waals surface area contributed by atoms with Crippen molar-refractivity contribution in [3.63, 3.8) is 0 Å². The average Bonchev–Trinajstić information content (AvgIpc) is 3.62. The number of hydrogen-bond donors (Lipinski definition) is 1. The van der Waals surface area contributed by atoms with Gasteiger partial charge in [-0.2, -0.15) is 0 Å². The third-order valence-corrected chi connectivity index (χ3v) is 8.15. The van der Waals surface area contributed by atoms with Crippen molar-refractivity contribution in [2.24, 2.45) is 4.99 Å². The first-order chi connectivity index (χ1) is 17.3. The highest BCUT2D eigenvalue weighted by Gasteiger charge is 2.34. The van der Waals surface area contributed by atoms with Crippen LogP contribution in [0.5, 0.6) is 0 Å². The normalized spacial score (nSPS) is 19.3. The van der Waals surface area contributed by atoms with Crippen LogP contribution in [0.2, 0.25) is 10.0 Å². The lowest BCUT2D eigenvalue weighted by atomic mass is 10.0. The molecule has 6 nitrogen and oxygen atoms in total. The van der Waals surface area contributed by atoms with Gasteiger partial charge in [-0.3, -0.25) is 4.99 Å². The Kier molecular flexibility index (Phi) is 9.45. The van der Waals surface area contributed by atoms with Crippen molar-refractivity contribution in [1.82, 2.24) is 10.1 Å². The first-order valence-electron chi connectivity index (χ1n) is 12.8. The molecule has 1 atom stereocenters. The number of ether oxygens (including phenoxy) is 1. The van der Waals surface area contributed by atoms with E-state index >= 15 is 0 Å². The molecule has 4 rings (SSSR count). The molecule has 0 spiro atoms. The maximum absolute atomic E-state index is 10.8. The van der Waals surface area contributed by atoms with Crippen molar-refractivity contribution in [3.05, 3.63) is 51.7 Å². The zero-order valence-electron chi connectivity index (χ0n) is 21.2. The van der Waals surface area contributed by atoms with E-state index in [-0.39, 0.29) is 6.10 Å². The molecular weight excluding hydrogens is 517 g/mol. The highest BCUT2D eigenvalue weighted by Crippen LogP contribution is 2.46. The van der Waals surface area contributed by atoms with Crippen LogP contribution >= 0.6 is 35.0 Å². The predicted octanol–water partition coefficient (Wildman–Crippen LogP) is 7.29. The van der Waals surface area contributed by atoms with Gasteiger partial charge in [-0.15, -0.1) is 0 Å². The number of benzene rings is 1. The number of thioether (sulfide) groups is 1. The summed E-state index contributed by atoms with van der Waals surface area (Å²) in [6.07, 6.45) is 8.80. The summed E-state index contributed by atoms with van der Waals surface area (Å²) >= 11 is 14.4. The molecule has 2 aromatic rings. The van der Waals surface area contributed by atoms with Crippen molar-refractivity contribution in [3.8, 4) is 11.3 Å². The molecule has 2 fully saturated rings. The minimum Gasteiger partial charge on any atom is -0.376 e. The summed E-state index contributed by atoms with van der Waals surface area (Å²) in [5.74, 6) is 1.29. The Balaban J connectivity index is 1.41.